The van der Waals surface area contributed by atoms with Crippen LogP contribution in [-0.4, -0.2) is 13.7 Å². The minimum atomic E-state index is -0.557. The molecule has 0 spiro atoms. The Bertz CT molecular complexity index is 287. The number of rotatable bonds is 3. The molecule has 1 radical (unpaired) electrons. The van der Waals surface area contributed by atoms with E-state index < -0.39 is 18.5 Å². The van der Waals surface area contributed by atoms with Gasteiger partial charge in [-0.25, -0.2) is 9.50 Å². The third kappa shape index (κ3) is 2.40. The van der Waals surface area contributed by atoms with E-state index in [-0.39, 0.29) is 5.02 Å². The summed E-state index contributed by atoms with van der Waals surface area (Å²) in [5.41, 5.74) is 0.601. The Labute approximate surface area is 80.9 Å². The van der Waals surface area contributed by atoms with Crippen LogP contribution in [0.15, 0.2) is 18.2 Å². The van der Waals surface area contributed by atoms with E-state index in [1.807, 2.05) is 0 Å². The van der Waals surface area contributed by atoms with Gasteiger partial charge >= 0.3 is 0 Å². The van der Waals surface area contributed by atoms with Crippen LogP contribution in [0.3, 0.4) is 0 Å². The number of ether oxygens (including phenoxy) is 1. The molecule has 0 aliphatic carbocycles. The molecule has 1 rings (SSSR count). The van der Waals surface area contributed by atoms with Crippen LogP contribution in [0.25, 0.3) is 0 Å². The van der Waals surface area contributed by atoms with E-state index in [1.54, 1.807) is 0 Å². The molecule has 0 saturated heterocycles. The van der Waals surface area contributed by atoms with Gasteiger partial charge in [-0.3, -0.25) is 0 Å². The number of halogens is 2. The minimum Gasteiger partial charge on any atom is -0.374 e. The first-order valence-corrected chi connectivity index (χ1v) is 4.12. The highest BCUT2D eigenvalue weighted by atomic mass is 35.5. The van der Waals surface area contributed by atoms with Crippen LogP contribution in [-0.2, 0) is 9.84 Å². The summed E-state index contributed by atoms with van der Waals surface area (Å²) in [6.45, 7) is -0.404. The Morgan fingerprint density at radius 1 is 1.62 bits per heavy atom. The molecule has 1 atom stereocenters. The van der Waals surface area contributed by atoms with Crippen molar-refractivity contribution in [3.05, 3.63) is 34.6 Å². The van der Waals surface area contributed by atoms with Gasteiger partial charge < -0.3 is 4.74 Å². The molecule has 71 valence electrons. The van der Waals surface area contributed by atoms with Gasteiger partial charge in [0.1, 0.15) is 18.5 Å². The van der Waals surface area contributed by atoms with Crippen LogP contribution >= 0.6 is 11.6 Å². The topological polar surface area (TPSA) is 29.1 Å². The molecule has 4 heteroatoms. The van der Waals surface area contributed by atoms with Crippen molar-refractivity contribution in [3.8, 4) is 0 Å². The fourth-order valence-electron chi connectivity index (χ4n) is 1.01. The summed E-state index contributed by atoms with van der Waals surface area (Å²) in [7, 11) is 1.43. The second-order valence-corrected chi connectivity index (χ2v) is 2.97. The molecule has 13 heavy (non-hydrogen) atoms. The molecule has 2 nitrogen and oxygen atoms in total. The highest BCUT2D eigenvalue weighted by molar-refractivity contribution is 6.30. The van der Waals surface area contributed by atoms with E-state index in [2.05, 4.69) is 0 Å². The average molecular weight is 204 g/mol. The Kier molecular flexibility index (Phi) is 3.66. The lowest BCUT2D eigenvalue weighted by molar-refractivity contribution is 0.0194. The molecule has 0 N–H and O–H groups in total. The van der Waals surface area contributed by atoms with Gasteiger partial charge in [0.2, 0.25) is 0 Å². The number of hydrogen-bond acceptors (Lipinski definition) is 1. The van der Waals surface area contributed by atoms with Crippen molar-refractivity contribution in [2.75, 3.05) is 13.7 Å². The van der Waals surface area contributed by atoms with Gasteiger partial charge in [0.15, 0.2) is 0 Å². The summed E-state index contributed by atoms with van der Waals surface area (Å²) in [4.78, 5) is 0. The molecule has 1 unspecified atom stereocenters. The smallest absolute Gasteiger partial charge is 0.141 e. The van der Waals surface area contributed by atoms with Crippen molar-refractivity contribution in [1.29, 1.82) is 0 Å². The van der Waals surface area contributed by atoms with E-state index in [4.69, 9.17) is 16.3 Å². The van der Waals surface area contributed by atoms with Crippen LogP contribution < -0.4 is 0 Å². The highest BCUT2D eigenvalue weighted by Crippen LogP contribution is 2.22. The molecule has 0 aliphatic rings. The zero-order valence-corrected chi connectivity index (χ0v) is 7.84. The Hall–Kier alpha value is -0.640. The maximum Gasteiger partial charge on any atom is 0.141 e. The summed E-state index contributed by atoms with van der Waals surface area (Å²) >= 11 is 5.54. The lowest BCUT2D eigenvalue weighted by Gasteiger charge is -2.11. The third-order valence-electron chi connectivity index (χ3n) is 1.75. The second-order valence-electron chi connectivity index (χ2n) is 2.56. The van der Waals surface area contributed by atoms with Crippen LogP contribution in [0.5, 0.6) is 0 Å². The molecule has 1 aromatic rings. The summed E-state index contributed by atoms with van der Waals surface area (Å²) in [6.07, 6.45) is -0.557. The first kappa shape index (κ1) is 10.4. The molecule has 0 aromatic heterocycles. The van der Waals surface area contributed by atoms with Crippen molar-refractivity contribution in [2.24, 2.45) is 0 Å². The van der Waals surface area contributed by atoms with Gasteiger partial charge in [-0.1, -0.05) is 17.7 Å². The maximum absolute atomic E-state index is 12.7. The van der Waals surface area contributed by atoms with Crippen LogP contribution in [0.2, 0.25) is 5.02 Å². The minimum absolute atomic E-state index is 0.00741. The second kappa shape index (κ2) is 4.56. The number of hydrogen-bond donors (Lipinski definition) is 0. The first-order chi connectivity index (χ1) is 6.19. The molecular formula is C9H9ClFO2. The standard InChI is InChI=1S/C9H9ClFO2/c1-13-9(5-12)6-2-3-8(11)7(10)4-6/h2-4,9H,5H2,1H3. The van der Waals surface area contributed by atoms with E-state index in [9.17, 15) is 9.50 Å². The van der Waals surface area contributed by atoms with Crippen molar-refractivity contribution in [1.82, 2.24) is 0 Å². The Balaban J connectivity index is 2.95. The number of benzene rings is 1. The molecule has 0 aliphatic heterocycles. The zero-order valence-electron chi connectivity index (χ0n) is 7.09. The van der Waals surface area contributed by atoms with Gasteiger partial charge in [0, 0.05) is 7.11 Å². The van der Waals surface area contributed by atoms with Gasteiger partial charge in [-0.05, 0) is 17.7 Å². The lowest BCUT2D eigenvalue weighted by Crippen LogP contribution is -2.05. The molecule has 1 aromatic carbocycles. The Morgan fingerprint density at radius 3 is 2.77 bits per heavy atom. The van der Waals surface area contributed by atoms with Crippen molar-refractivity contribution in [3.63, 3.8) is 0 Å². The summed E-state index contributed by atoms with van der Waals surface area (Å²) < 4.78 is 17.6. The molecule has 0 bridgehead atoms. The molecule has 0 fully saturated rings. The molecule has 0 heterocycles. The van der Waals surface area contributed by atoms with Gasteiger partial charge in [0.05, 0.1) is 5.02 Å². The highest BCUT2D eigenvalue weighted by Gasteiger charge is 2.11. The normalized spacial score (nSPS) is 12.9. The van der Waals surface area contributed by atoms with E-state index in [0.717, 1.165) is 0 Å². The van der Waals surface area contributed by atoms with Crippen LogP contribution in [0.4, 0.5) is 4.39 Å². The summed E-state index contributed by atoms with van der Waals surface area (Å²) in [5.74, 6) is -0.494. The fourth-order valence-corrected chi connectivity index (χ4v) is 1.20. The fraction of sp³-hybridized carbons (Fsp3) is 0.333. The first-order valence-electron chi connectivity index (χ1n) is 3.75. The summed E-state index contributed by atoms with van der Waals surface area (Å²) in [5, 5.41) is 10.6. The third-order valence-corrected chi connectivity index (χ3v) is 2.04. The van der Waals surface area contributed by atoms with E-state index in [0.29, 0.717) is 5.56 Å². The largest absolute Gasteiger partial charge is 0.374 e. The zero-order chi connectivity index (χ0) is 9.84. The number of methoxy groups -OCH3 is 1. The predicted molar refractivity (Wildman–Crippen MR) is 46.7 cm³/mol. The lowest BCUT2D eigenvalue weighted by atomic mass is 10.1. The van der Waals surface area contributed by atoms with Crippen LogP contribution in [0.1, 0.15) is 11.7 Å². The average Bonchev–Trinajstić information content (AvgIpc) is 2.13. The van der Waals surface area contributed by atoms with Gasteiger partial charge in [-0.2, -0.15) is 0 Å². The van der Waals surface area contributed by atoms with Crippen LogP contribution in [0, 0.1) is 5.82 Å². The predicted octanol–water partition coefficient (Wildman–Crippen LogP) is 2.60. The monoisotopic (exact) mass is 203 g/mol. The van der Waals surface area contributed by atoms with Crippen molar-refractivity contribution in [2.45, 2.75) is 6.10 Å². The van der Waals surface area contributed by atoms with E-state index >= 15 is 0 Å². The molecule has 0 amide bonds. The molecular weight excluding hydrogens is 195 g/mol. The summed E-state index contributed by atoms with van der Waals surface area (Å²) in [6, 6.07) is 4.12. The van der Waals surface area contributed by atoms with Crippen molar-refractivity contribution >= 4 is 11.6 Å². The SMILES string of the molecule is COC(C[O])c1ccc(F)c(Cl)c1. The van der Waals surface area contributed by atoms with Gasteiger partial charge in [0.25, 0.3) is 0 Å². The quantitative estimate of drug-likeness (QED) is 0.743. The Morgan fingerprint density at radius 2 is 2.31 bits per heavy atom. The van der Waals surface area contributed by atoms with Gasteiger partial charge in [-0.15, -0.1) is 0 Å². The van der Waals surface area contributed by atoms with E-state index in [1.165, 1.54) is 25.3 Å². The van der Waals surface area contributed by atoms with Crippen molar-refractivity contribution < 1.29 is 14.2 Å². The molecule has 0 saturated carbocycles. The maximum atomic E-state index is 12.7.